The molecule has 0 spiro atoms. The van der Waals surface area contributed by atoms with Gasteiger partial charge in [-0.05, 0) is 38.9 Å². The van der Waals surface area contributed by atoms with Crippen molar-refractivity contribution in [2.24, 2.45) is 0 Å². The Kier molecular flexibility index (Phi) is 20.7. The molecule has 5 nitrogen and oxygen atoms in total. The summed E-state index contributed by atoms with van der Waals surface area (Å²) in [6.07, 6.45) is 1.83. The number of benzene rings is 2. The molecule has 1 heterocycles. The third-order valence-corrected chi connectivity index (χ3v) is 3.98. The minimum Gasteiger partial charge on any atom is -0.673 e. The molecule has 33 heavy (non-hydrogen) atoms. The largest absolute Gasteiger partial charge is 4.00 e. The average Bonchev–Trinajstić information content (AvgIpc) is 2.76. The number of rotatable bonds is 4. The number of pyridine rings is 1. The van der Waals surface area contributed by atoms with Crippen LogP contribution < -0.4 is 0 Å². The van der Waals surface area contributed by atoms with E-state index in [2.05, 4.69) is 78.1 Å². The molecule has 2 aromatic carbocycles. The molecule has 1 aromatic heterocycles. The van der Waals surface area contributed by atoms with Crippen LogP contribution in [0.1, 0.15) is 34.0 Å². The first-order valence-electron chi connectivity index (χ1n) is 10.6. The van der Waals surface area contributed by atoms with Crippen LogP contribution in [-0.4, -0.2) is 47.3 Å². The fourth-order valence-corrected chi connectivity index (χ4v) is 2.99. The molecule has 0 aliphatic rings. The Bertz CT molecular complexity index is 774. The van der Waals surface area contributed by atoms with Crippen LogP contribution in [0.2, 0.25) is 0 Å². The van der Waals surface area contributed by atoms with Gasteiger partial charge in [-0.2, -0.15) is 42.3 Å². The maximum atomic E-state index is 5.08. The molecule has 0 aliphatic heterocycles. The summed E-state index contributed by atoms with van der Waals surface area (Å²) in [5, 5.41) is 15.6. The van der Waals surface area contributed by atoms with Crippen molar-refractivity contribution in [3.05, 3.63) is 116 Å². The normalized spacial score (nSPS) is 9.97. The number of nitrogens with zero attached hydrogens (tertiary/aromatic N) is 5. The van der Waals surface area contributed by atoms with Crippen LogP contribution in [0.15, 0.2) is 66.9 Å². The van der Waals surface area contributed by atoms with Crippen LogP contribution in [0.25, 0.3) is 21.3 Å². The van der Waals surface area contributed by atoms with E-state index in [-0.39, 0.29) is 27.8 Å². The summed E-state index contributed by atoms with van der Waals surface area (Å²) in [6.45, 7) is 6.37. The van der Waals surface area contributed by atoms with Gasteiger partial charge in [0.1, 0.15) is 0 Å². The van der Waals surface area contributed by atoms with E-state index in [0.717, 1.165) is 16.9 Å². The topological polar surface area (TPSA) is 69.3 Å². The predicted molar refractivity (Wildman–Crippen MR) is 142 cm³/mol. The third kappa shape index (κ3) is 13.3. The first kappa shape index (κ1) is 33.2. The summed E-state index contributed by atoms with van der Waals surface area (Å²) < 4.78 is 0. The molecule has 176 valence electrons. The van der Waals surface area contributed by atoms with Gasteiger partial charge in [-0.3, -0.25) is 4.98 Å². The summed E-state index contributed by atoms with van der Waals surface area (Å²) in [6, 6.07) is 20.6. The van der Waals surface area contributed by atoms with Crippen molar-refractivity contribution in [1.82, 2.24) is 4.98 Å². The van der Waals surface area contributed by atoms with Crippen LogP contribution in [-0.2, 0) is 21.7 Å². The Labute approximate surface area is 217 Å². The van der Waals surface area contributed by atoms with E-state index in [1.165, 1.54) is 16.7 Å². The molecule has 0 saturated heterocycles. The number of aromatic nitrogens is 1. The van der Waals surface area contributed by atoms with Crippen molar-refractivity contribution in [3.8, 4) is 0 Å². The molecule has 0 fully saturated rings. The molecule has 3 rings (SSSR count). The van der Waals surface area contributed by atoms with Crippen molar-refractivity contribution in [2.75, 3.05) is 42.3 Å². The molecule has 0 radical (unpaired) electrons. The van der Waals surface area contributed by atoms with Gasteiger partial charge in [0.25, 0.3) is 0 Å². The summed E-state index contributed by atoms with van der Waals surface area (Å²) in [5.74, 6) is 0. The Hall–Kier alpha value is -2.02. The van der Waals surface area contributed by atoms with E-state index < -0.39 is 0 Å². The van der Waals surface area contributed by atoms with Gasteiger partial charge in [0, 0.05) is 11.9 Å². The summed E-state index contributed by atoms with van der Waals surface area (Å²) in [5.41, 5.74) is 6.88. The van der Waals surface area contributed by atoms with Crippen molar-refractivity contribution in [2.45, 2.75) is 26.8 Å². The predicted octanol–water partition coefficient (Wildman–Crippen LogP) is 7.66. The summed E-state index contributed by atoms with van der Waals surface area (Å²) in [4.78, 5) is 4.53. The second kappa shape index (κ2) is 20.6. The third-order valence-electron chi connectivity index (χ3n) is 3.98. The molecule has 6 heteroatoms. The summed E-state index contributed by atoms with van der Waals surface area (Å²) >= 11 is 0. The molecular formula is C27H39N5Ti. The Balaban J connectivity index is 0. The molecule has 1 atom stereocenters. The fraction of sp³-hybridized carbons (Fsp3) is 0.370. The van der Waals surface area contributed by atoms with E-state index in [4.69, 9.17) is 5.32 Å². The SMILES string of the molecule is C[N-]C.C[N-]C.C[N-]C.Cc1cc(C)c([N-]C(c2ccccc2)c2ccccn2)c(C)c1.[Ti+4]. The Morgan fingerprint density at radius 3 is 1.55 bits per heavy atom. The van der Waals surface area contributed by atoms with Gasteiger partial charge < -0.3 is 21.3 Å². The van der Waals surface area contributed by atoms with Gasteiger partial charge in [-0.25, -0.2) is 0 Å². The average molecular weight is 482 g/mol. The van der Waals surface area contributed by atoms with Gasteiger partial charge in [0.15, 0.2) is 0 Å². The van der Waals surface area contributed by atoms with Crippen molar-refractivity contribution < 1.29 is 21.7 Å². The van der Waals surface area contributed by atoms with Crippen molar-refractivity contribution in [3.63, 3.8) is 0 Å². The van der Waals surface area contributed by atoms with Gasteiger partial charge in [-0.15, -0.1) is 5.69 Å². The molecular weight excluding hydrogens is 442 g/mol. The van der Waals surface area contributed by atoms with Crippen molar-refractivity contribution in [1.29, 1.82) is 0 Å². The van der Waals surface area contributed by atoms with Crippen LogP contribution >= 0.6 is 0 Å². The minimum absolute atomic E-state index is 0. The monoisotopic (exact) mass is 481 g/mol. The van der Waals surface area contributed by atoms with E-state index in [1.807, 2.05) is 30.5 Å². The number of hydrogen-bond acceptors (Lipinski definition) is 1. The fourth-order valence-electron chi connectivity index (χ4n) is 2.99. The first-order chi connectivity index (χ1) is 15.4. The Morgan fingerprint density at radius 1 is 0.667 bits per heavy atom. The molecule has 0 amide bonds. The first-order valence-corrected chi connectivity index (χ1v) is 10.6. The van der Waals surface area contributed by atoms with Gasteiger partial charge in [0.05, 0.1) is 0 Å². The van der Waals surface area contributed by atoms with Gasteiger partial charge in [0.2, 0.25) is 0 Å². The smallest absolute Gasteiger partial charge is 0.673 e. The van der Waals surface area contributed by atoms with E-state index in [0.29, 0.717) is 0 Å². The van der Waals surface area contributed by atoms with E-state index in [9.17, 15) is 0 Å². The number of aryl methyl sites for hydroxylation is 3. The molecule has 0 N–H and O–H groups in total. The maximum Gasteiger partial charge on any atom is 4.00 e. The van der Waals surface area contributed by atoms with E-state index in [1.54, 1.807) is 42.3 Å². The Morgan fingerprint density at radius 2 is 1.12 bits per heavy atom. The zero-order valence-corrected chi connectivity index (χ0v) is 23.2. The second-order valence-corrected chi connectivity index (χ2v) is 7.29. The minimum atomic E-state index is -0.0856. The maximum absolute atomic E-state index is 5.08. The second-order valence-electron chi connectivity index (χ2n) is 7.29. The van der Waals surface area contributed by atoms with Crippen LogP contribution in [0.4, 0.5) is 5.69 Å². The van der Waals surface area contributed by atoms with Crippen LogP contribution in [0, 0.1) is 20.8 Å². The van der Waals surface area contributed by atoms with Gasteiger partial charge in [-0.1, -0.05) is 70.8 Å². The quantitative estimate of drug-likeness (QED) is 0.353. The molecule has 0 bridgehead atoms. The summed E-state index contributed by atoms with van der Waals surface area (Å²) in [7, 11) is 10.5. The van der Waals surface area contributed by atoms with E-state index >= 15 is 0 Å². The molecule has 0 saturated carbocycles. The molecule has 1 unspecified atom stereocenters. The zero-order chi connectivity index (χ0) is 24.4. The molecule has 3 aromatic rings. The van der Waals surface area contributed by atoms with Crippen LogP contribution in [0.5, 0.6) is 0 Å². The number of hydrogen-bond donors (Lipinski definition) is 0. The zero-order valence-electron chi connectivity index (χ0n) is 21.7. The van der Waals surface area contributed by atoms with Gasteiger partial charge >= 0.3 is 21.7 Å². The van der Waals surface area contributed by atoms with Crippen LogP contribution in [0.3, 0.4) is 0 Å². The van der Waals surface area contributed by atoms with Crippen molar-refractivity contribution >= 4 is 5.69 Å². The standard InChI is InChI=1S/C21H21N2.3C2H6N.Ti/c1-15-13-16(2)20(17(3)14-15)23-21(18-9-5-4-6-10-18)19-11-7-8-12-22-19;3*1-3-2;/h4-14,21H,1-3H3;3*1-2H3;/q4*-1;+4. The molecule has 0 aliphatic carbocycles.